The number of hydrogen-bond donors (Lipinski definition) is 2. The van der Waals surface area contributed by atoms with Gasteiger partial charge in [0.15, 0.2) is 0 Å². The smallest absolute Gasteiger partial charge is 0.285 e. The molecule has 1 aliphatic rings. The minimum absolute atomic E-state index is 0.00456. The van der Waals surface area contributed by atoms with Crippen molar-refractivity contribution in [3.05, 3.63) is 52.8 Å². The Hall–Kier alpha value is -2.47. The van der Waals surface area contributed by atoms with Crippen molar-refractivity contribution in [1.29, 1.82) is 0 Å². The quantitative estimate of drug-likeness (QED) is 0.623. The van der Waals surface area contributed by atoms with Crippen LogP contribution >= 0.6 is 11.6 Å². The molecule has 0 radical (unpaired) electrons. The number of aliphatic hydroxyl groups excluding tert-OH is 1. The number of rotatable bonds is 8. The molecule has 1 amide bonds. The Morgan fingerprint density at radius 3 is 2.58 bits per heavy atom. The molecular weight excluding hydrogens is 439 g/mol. The van der Waals surface area contributed by atoms with Crippen LogP contribution in [0.15, 0.2) is 30.6 Å². The summed E-state index contributed by atoms with van der Waals surface area (Å²) in [7, 11) is 0. The van der Waals surface area contributed by atoms with Crippen molar-refractivity contribution in [2.75, 3.05) is 39.3 Å². The number of carbonyl (C=O) groups is 1. The molecule has 2 aromatic rings. The van der Waals surface area contributed by atoms with E-state index in [1.54, 1.807) is 5.01 Å². The molecule has 2 N–H and O–H groups in total. The molecule has 3 rings (SSSR count). The van der Waals surface area contributed by atoms with Crippen LogP contribution in [-0.2, 0) is 0 Å². The Kier molecular flexibility index (Phi) is 8.02. The fourth-order valence-electron chi connectivity index (χ4n) is 2.92. The number of carbonyl (C=O) groups excluding carboxylic acids is 1. The molecule has 1 aliphatic heterocycles. The summed E-state index contributed by atoms with van der Waals surface area (Å²) in [6.45, 7) is 2.46. The van der Waals surface area contributed by atoms with Crippen LogP contribution in [0.1, 0.15) is 22.6 Å². The Morgan fingerprint density at radius 1 is 1.23 bits per heavy atom. The maximum atomic E-state index is 13.4. The first-order chi connectivity index (χ1) is 14.8. The number of ether oxygens (including phenoxy) is 1. The minimum Gasteiger partial charge on any atom is -0.491 e. The molecule has 0 saturated carbocycles. The van der Waals surface area contributed by atoms with E-state index in [9.17, 15) is 23.1 Å². The molecule has 0 bridgehead atoms. The van der Waals surface area contributed by atoms with Crippen molar-refractivity contribution in [1.82, 2.24) is 25.3 Å². The number of piperazine rings is 1. The number of benzene rings is 1. The summed E-state index contributed by atoms with van der Waals surface area (Å²) >= 11 is 5.62. The number of amides is 1. The average Bonchev–Trinajstić information content (AvgIpc) is 2.76. The van der Waals surface area contributed by atoms with E-state index in [1.165, 1.54) is 12.1 Å². The van der Waals surface area contributed by atoms with Crippen molar-refractivity contribution < 1.29 is 27.8 Å². The molecule has 0 spiro atoms. The van der Waals surface area contributed by atoms with E-state index >= 15 is 0 Å². The molecule has 2 heterocycles. The van der Waals surface area contributed by atoms with Gasteiger partial charge < -0.3 is 9.84 Å². The molecule has 8 nitrogen and oxygen atoms in total. The lowest BCUT2D eigenvalue weighted by molar-refractivity contribution is 0.0315. The number of alkyl halides is 2. The largest absolute Gasteiger partial charge is 0.491 e. The van der Waals surface area contributed by atoms with Gasteiger partial charge in [-0.25, -0.2) is 23.2 Å². The molecule has 1 aromatic carbocycles. The van der Waals surface area contributed by atoms with Gasteiger partial charge in [-0.2, -0.15) is 0 Å². The van der Waals surface area contributed by atoms with Crippen LogP contribution < -0.4 is 10.2 Å². The Labute approximate surface area is 181 Å². The van der Waals surface area contributed by atoms with Gasteiger partial charge in [-0.3, -0.25) is 20.1 Å². The third kappa shape index (κ3) is 6.76. The lowest BCUT2D eigenvalue weighted by Gasteiger charge is -2.35. The van der Waals surface area contributed by atoms with Crippen LogP contribution in [0.4, 0.5) is 13.2 Å². The number of halogens is 4. The van der Waals surface area contributed by atoms with Crippen molar-refractivity contribution in [3.8, 4) is 5.75 Å². The maximum absolute atomic E-state index is 13.4. The highest BCUT2D eigenvalue weighted by atomic mass is 35.5. The predicted molar refractivity (Wildman–Crippen MR) is 105 cm³/mol. The Bertz CT molecular complexity index is 883. The first-order valence-electron chi connectivity index (χ1n) is 9.46. The molecule has 1 atom stereocenters. The fraction of sp³-hybridized carbons (Fsp3) is 0.421. The average molecular weight is 460 g/mol. The van der Waals surface area contributed by atoms with Gasteiger partial charge in [-0.1, -0.05) is 11.6 Å². The van der Waals surface area contributed by atoms with E-state index in [-0.39, 0.29) is 23.1 Å². The van der Waals surface area contributed by atoms with Crippen LogP contribution in [0.3, 0.4) is 0 Å². The number of nitrogens with one attached hydrogen (secondary N) is 1. The summed E-state index contributed by atoms with van der Waals surface area (Å²) in [6.07, 6.45) is -1.65. The molecule has 1 saturated heterocycles. The van der Waals surface area contributed by atoms with Crippen LogP contribution in [0.25, 0.3) is 0 Å². The topological polar surface area (TPSA) is 90.8 Å². The SMILES string of the molecule is O=C(NN1CCN(C[C@@H](O)COc2ccc(Cl)c(F)c2)CC1)c1cnc(C(F)F)cn1. The maximum Gasteiger partial charge on any atom is 0.285 e. The second kappa shape index (κ2) is 10.7. The van der Waals surface area contributed by atoms with Crippen LogP contribution in [0, 0.1) is 5.82 Å². The Balaban J connectivity index is 1.38. The Morgan fingerprint density at radius 2 is 1.97 bits per heavy atom. The van der Waals surface area contributed by atoms with Crippen LogP contribution in [0.5, 0.6) is 5.75 Å². The zero-order valence-electron chi connectivity index (χ0n) is 16.3. The highest BCUT2D eigenvalue weighted by molar-refractivity contribution is 6.30. The van der Waals surface area contributed by atoms with Crippen LogP contribution in [0.2, 0.25) is 5.02 Å². The van der Waals surface area contributed by atoms with Gasteiger partial charge in [0, 0.05) is 38.8 Å². The van der Waals surface area contributed by atoms with Gasteiger partial charge in [0.2, 0.25) is 0 Å². The van der Waals surface area contributed by atoms with E-state index in [0.717, 1.165) is 18.5 Å². The minimum atomic E-state index is -2.74. The summed E-state index contributed by atoms with van der Waals surface area (Å²) in [5, 5.41) is 11.8. The van der Waals surface area contributed by atoms with Crippen molar-refractivity contribution in [2.45, 2.75) is 12.5 Å². The zero-order chi connectivity index (χ0) is 22.4. The molecule has 0 aliphatic carbocycles. The number of hydrogen-bond acceptors (Lipinski definition) is 7. The van der Waals surface area contributed by atoms with Gasteiger partial charge >= 0.3 is 0 Å². The summed E-state index contributed by atoms with van der Waals surface area (Å²) < 4.78 is 43.8. The van der Waals surface area contributed by atoms with E-state index in [2.05, 4.69) is 15.4 Å². The molecular formula is C19H21ClF3N5O3. The number of β-amino-alcohol motifs (C(OH)–C–C–N with tert-alkyl or cyclic N) is 1. The number of hydrazine groups is 1. The van der Waals surface area contributed by atoms with Gasteiger partial charge in [0.1, 0.15) is 35.7 Å². The third-order valence-electron chi connectivity index (χ3n) is 4.56. The molecule has 0 unspecified atom stereocenters. The normalized spacial score (nSPS) is 16.3. The standard InChI is InChI=1S/C19H21ClF3N5O3/c20-14-2-1-13(7-15(14)21)31-11-12(29)10-27-3-5-28(6-4-27)26-19(30)17-9-24-16(8-25-17)18(22)23/h1-2,7-9,12,18,29H,3-6,10-11H2,(H,26,30)/t12-/m1/s1. The van der Waals surface area contributed by atoms with E-state index in [0.29, 0.717) is 32.7 Å². The highest BCUT2D eigenvalue weighted by Gasteiger charge is 2.22. The molecule has 168 valence electrons. The van der Waals surface area contributed by atoms with Gasteiger partial charge in [0.05, 0.1) is 17.4 Å². The lowest BCUT2D eigenvalue weighted by Crippen LogP contribution is -2.55. The fourth-order valence-corrected chi connectivity index (χ4v) is 3.04. The van der Waals surface area contributed by atoms with E-state index in [4.69, 9.17) is 16.3 Å². The van der Waals surface area contributed by atoms with Gasteiger partial charge in [-0.05, 0) is 12.1 Å². The molecule has 12 heteroatoms. The van der Waals surface area contributed by atoms with Crippen molar-refractivity contribution in [2.24, 2.45) is 0 Å². The third-order valence-corrected chi connectivity index (χ3v) is 4.87. The number of aliphatic hydroxyl groups is 1. The summed E-state index contributed by atoms with van der Waals surface area (Å²) in [5.74, 6) is -0.855. The monoisotopic (exact) mass is 459 g/mol. The first-order valence-corrected chi connectivity index (χ1v) is 9.84. The van der Waals surface area contributed by atoms with E-state index in [1.807, 2.05) is 4.90 Å². The van der Waals surface area contributed by atoms with Crippen LogP contribution in [-0.4, -0.2) is 76.3 Å². The van der Waals surface area contributed by atoms with Gasteiger partial charge in [-0.15, -0.1) is 0 Å². The lowest BCUT2D eigenvalue weighted by atomic mass is 10.3. The summed E-state index contributed by atoms with van der Waals surface area (Å²) in [4.78, 5) is 21.4. The first kappa shape index (κ1) is 23.2. The zero-order valence-corrected chi connectivity index (χ0v) is 17.1. The summed E-state index contributed by atoms with van der Waals surface area (Å²) in [5.41, 5.74) is 2.11. The van der Waals surface area contributed by atoms with E-state index < -0.39 is 29.9 Å². The molecule has 1 aromatic heterocycles. The highest BCUT2D eigenvalue weighted by Crippen LogP contribution is 2.20. The number of aromatic nitrogens is 2. The number of nitrogens with zero attached hydrogens (tertiary/aromatic N) is 4. The molecule has 31 heavy (non-hydrogen) atoms. The van der Waals surface area contributed by atoms with Crippen molar-refractivity contribution in [3.63, 3.8) is 0 Å². The predicted octanol–water partition coefficient (Wildman–Crippen LogP) is 1.91. The summed E-state index contributed by atoms with van der Waals surface area (Å²) in [6, 6.07) is 4.05. The second-order valence-electron chi connectivity index (χ2n) is 6.90. The second-order valence-corrected chi connectivity index (χ2v) is 7.30. The van der Waals surface area contributed by atoms with Crippen molar-refractivity contribution >= 4 is 17.5 Å². The molecule has 1 fully saturated rings. The van der Waals surface area contributed by atoms with Gasteiger partial charge in [0.25, 0.3) is 12.3 Å².